The number of nitrogens with zero attached hydrogens (tertiary/aromatic N) is 4. The van der Waals surface area contributed by atoms with Crippen LogP contribution in [0.5, 0.6) is 5.75 Å². The molecule has 1 aromatic heterocycles. The van der Waals surface area contributed by atoms with E-state index in [-0.39, 0.29) is 12.5 Å². The summed E-state index contributed by atoms with van der Waals surface area (Å²) >= 11 is 0. The van der Waals surface area contributed by atoms with Crippen LogP contribution in [0.1, 0.15) is 30.9 Å². The summed E-state index contributed by atoms with van der Waals surface area (Å²) in [6.07, 6.45) is 0. The number of carbonyl (C=O) groups excluding carboxylic acids is 1. The van der Waals surface area contributed by atoms with E-state index in [1.807, 2.05) is 55.3 Å². The van der Waals surface area contributed by atoms with E-state index in [1.165, 1.54) is 5.56 Å². The molecule has 1 aliphatic rings. The standard InChI is InChI=1S/C23H26N4O2/c1-15(2)17-10-9-16(3)20(13-17)29-14-21(28)27-12-11-26(4)22-23(27)25-19-8-6-5-7-18(19)24-22/h5-10,13,15H,11-12,14H2,1-4H3. The number of likely N-dealkylation sites (N-methyl/N-ethyl adjacent to an activating group) is 1. The van der Waals surface area contributed by atoms with E-state index in [2.05, 4.69) is 19.9 Å². The predicted molar refractivity (Wildman–Crippen MR) is 116 cm³/mol. The highest BCUT2D eigenvalue weighted by Gasteiger charge is 2.28. The van der Waals surface area contributed by atoms with Crippen molar-refractivity contribution in [3.63, 3.8) is 0 Å². The average molecular weight is 390 g/mol. The van der Waals surface area contributed by atoms with Crippen LogP contribution in [0.3, 0.4) is 0 Å². The number of benzene rings is 2. The van der Waals surface area contributed by atoms with Crippen molar-refractivity contribution in [3.05, 3.63) is 53.6 Å². The molecule has 6 heteroatoms. The number of amides is 1. The van der Waals surface area contributed by atoms with Gasteiger partial charge >= 0.3 is 0 Å². The molecular weight excluding hydrogens is 364 g/mol. The SMILES string of the molecule is Cc1ccc(C(C)C)cc1OCC(=O)N1CCN(C)c2nc3ccccc3nc21. The molecule has 2 aromatic carbocycles. The molecule has 6 nitrogen and oxygen atoms in total. The molecule has 29 heavy (non-hydrogen) atoms. The van der Waals surface area contributed by atoms with Crippen molar-refractivity contribution >= 4 is 28.6 Å². The number of fused-ring (bicyclic) bond motifs is 2. The van der Waals surface area contributed by atoms with E-state index in [4.69, 9.17) is 14.7 Å². The third-order valence-corrected chi connectivity index (χ3v) is 5.34. The van der Waals surface area contributed by atoms with Crippen LogP contribution in [-0.4, -0.2) is 42.6 Å². The van der Waals surface area contributed by atoms with Crippen LogP contribution < -0.4 is 14.5 Å². The summed E-state index contributed by atoms with van der Waals surface area (Å²) in [5.41, 5.74) is 3.82. The maximum absolute atomic E-state index is 13.0. The summed E-state index contributed by atoms with van der Waals surface area (Å²) in [4.78, 5) is 26.2. The quantitative estimate of drug-likeness (QED) is 0.676. The molecule has 2 heterocycles. The van der Waals surface area contributed by atoms with E-state index in [1.54, 1.807) is 4.90 Å². The van der Waals surface area contributed by atoms with E-state index >= 15 is 0 Å². The largest absolute Gasteiger partial charge is 0.483 e. The maximum Gasteiger partial charge on any atom is 0.266 e. The zero-order valence-corrected chi connectivity index (χ0v) is 17.3. The second-order valence-corrected chi connectivity index (χ2v) is 7.79. The van der Waals surface area contributed by atoms with Crippen LogP contribution in [0.2, 0.25) is 0 Å². The molecule has 0 radical (unpaired) electrons. The van der Waals surface area contributed by atoms with Crippen LogP contribution >= 0.6 is 0 Å². The summed E-state index contributed by atoms with van der Waals surface area (Å²) < 4.78 is 5.92. The first-order chi connectivity index (χ1) is 13.9. The number of anilines is 2. The average Bonchev–Trinajstić information content (AvgIpc) is 2.72. The number of aromatic nitrogens is 2. The molecular formula is C23H26N4O2. The van der Waals surface area contributed by atoms with Crippen molar-refractivity contribution in [1.82, 2.24) is 9.97 Å². The van der Waals surface area contributed by atoms with Crippen molar-refractivity contribution in [2.45, 2.75) is 26.7 Å². The molecule has 0 unspecified atom stereocenters. The molecule has 0 saturated carbocycles. The molecule has 1 aliphatic heterocycles. The smallest absolute Gasteiger partial charge is 0.266 e. The topological polar surface area (TPSA) is 58.6 Å². The third kappa shape index (κ3) is 3.75. The van der Waals surface area contributed by atoms with Gasteiger partial charge in [-0.2, -0.15) is 0 Å². The molecule has 0 spiro atoms. The fourth-order valence-corrected chi connectivity index (χ4v) is 3.47. The third-order valence-electron chi connectivity index (χ3n) is 5.34. The summed E-state index contributed by atoms with van der Waals surface area (Å²) in [6, 6.07) is 13.9. The van der Waals surface area contributed by atoms with Gasteiger partial charge in [-0.15, -0.1) is 0 Å². The molecule has 0 bridgehead atoms. The van der Waals surface area contributed by atoms with Gasteiger partial charge < -0.3 is 9.64 Å². The number of rotatable bonds is 4. The fraction of sp³-hybridized carbons (Fsp3) is 0.348. The van der Waals surface area contributed by atoms with Gasteiger partial charge in [-0.3, -0.25) is 9.69 Å². The number of para-hydroxylation sites is 2. The van der Waals surface area contributed by atoms with Gasteiger partial charge in [-0.25, -0.2) is 9.97 Å². The van der Waals surface area contributed by atoms with Gasteiger partial charge in [-0.05, 0) is 42.2 Å². The number of carbonyl (C=O) groups is 1. The molecule has 3 aromatic rings. The highest BCUT2D eigenvalue weighted by molar-refractivity contribution is 5.98. The molecule has 0 saturated heterocycles. The van der Waals surface area contributed by atoms with Crippen LogP contribution in [-0.2, 0) is 4.79 Å². The van der Waals surface area contributed by atoms with Crippen LogP contribution in [0.4, 0.5) is 11.6 Å². The van der Waals surface area contributed by atoms with Crippen molar-refractivity contribution in [2.24, 2.45) is 0 Å². The lowest BCUT2D eigenvalue weighted by Crippen LogP contribution is -2.45. The number of hydrogen-bond acceptors (Lipinski definition) is 5. The van der Waals surface area contributed by atoms with E-state index in [0.717, 1.165) is 28.2 Å². The monoisotopic (exact) mass is 390 g/mol. The summed E-state index contributed by atoms with van der Waals surface area (Å²) in [6.45, 7) is 7.51. The van der Waals surface area contributed by atoms with Gasteiger partial charge in [0, 0.05) is 20.1 Å². The van der Waals surface area contributed by atoms with Crippen LogP contribution in [0.25, 0.3) is 11.0 Å². The van der Waals surface area contributed by atoms with Gasteiger partial charge in [0.15, 0.2) is 18.2 Å². The van der Waals surface area contributed by atoms with Gasteiger partial charge in [0.1, 0.15) is 5.75 Å². The molecule has 0 N–H and O–H groups in total. The van der Waals surface area contributed by atoms with Crippen molar-refractivity contribution in [1.29, 1.82) is 0 Å². The Hall–Kier alpha value is -3.15. The Kier molecular flexibility index (Phi) is 5.09. The Morgan fingerprint density at radius 1 is 1.07 bits per heavy atom. The summed E-state index contributed by atoms with van der Waals surface area (Å²) in [7, 11) is 1.97. The minimum Gasteiger partial charge on any atom is -0.483 e. The number of hydrogen-bond donors (Lipinski definition) is 0. The lowest BCUT2D eigenvalue weighted by Gasteiger charge is -2.33. The summed E-state index contributed by atoms with van der Waals surface area (Å²) in [5.74, 6) is 2.36. The fourth-order valence-electron chi connectivity index (χ4n) is 3.47. The number of ether oxygens (including phenoxy) is 1. The Labute approximate surface area is 171 Å². The second kappa shape index (κ2) is 7.70. The minimum absolute atomic E-state index is 0.0277. The zero-order valence-electron chi connectivity index (χ0n) is 17.3. The number of aryl methyl sites for hydroxylation is 1. The molecule has 0 atom stereocenters. The van der Waals surface area contributed by atoms with Gasteiger partial charge in [0.25, 0.3) is 5.91 Å². The maximum atomic E-state index is 13.0. The predicted octanol–water partition coefficient (Wildman–Crippen LogP) is 3.92. The van der Waals surface area contributed by atoms with E-state index in [9.17, 15) is 4.79 Å². The molecule has 4 rings (SSSR count). The molecule has 150 valence electrons. The molecule has 0 fully saturated rings. The van der Waals surface area contributed by atoms with Crippen LogP contribution in [0.15, 0.2) is 42.5 Å². The van der Waals surface area contributed by atoms with E-state index in [0.29, 0.717) is 24.8 Å². The van der Waals surface area contributed by atoms with Gasteiger partial charge in [0.05, 0.1) is 11.0 Å². The van der Waals surface area contributed by atoms with Crippen molar-refractivity contribution in [2.75, 3.05) is 36.5 Å². The lowest BCUT2D eigenvalue weighted by molar-refractivity contribution is -0.120. The van der Waals surface area contributed by atoms with E-state index < -0.39 is 0 Å². The molecule has 0 aliphatic carbocycles. The van der Waals surface area contributed by atoms with Gasteiger partial charge in [0.2, 0.25) is 0 Å². The Bertz CT molecular complexity index is 1060. The highest BCUT2D eigenvalue weighted by Crippen LogP contribution is 2.31. The Balaban J connectivity index is 1.58. The lowest BCUT2D eigenvalue weighted by atomic mass is 10.0. The van der Waals surface area contributed by atoms with Crippen LogP contribution in [0, 0.1) is 6.92 Å². The minimum atomic E-state index is -0.113. The Morgan fingerprint density at radius 2 is 1.76 bits per heavy atom. The first kappa shape index (κ1) is 19.2. The normalized spacial score (nSPS) is 13.7. The Morgan fingerprint density at radius 3 is 2.45 bits per heavy atom. The first-order valence-electron chi connectivity index (χ1n) is 9.95. The van der Waals surface area contributed by atoms with Crippen molar-refractivity contribution in [3.8, 4) is 5.75 Å². The highest BCUT2D eigenvalue weighted by atomic mass is 16.5. The second-order valence-electron chi connectivity index (χ2n) is 7.79. The van der Waals surface area contributed by atoms with Crippen molar-refractivity contribution < 1.29 is 9.53 Å². The first-order valence-corrected chi connectivity index (χ1v) is 9.95. The van der Waals surface area contributed by atoms with Gasteiger partial charge in [-0.1, -0.05) is 38.1 Å². The summed E-state index contributed by atoms with van der Waals surface area (Å²) in [5, 5.41) is 0. The zero-order chi connectivity index (χ0) is 20.5. The molecule has 1 amide bonds.